The van der Waals surface area contributed by atoms with Crippen LogP contribution in [0.1, 0.15) is 12.8 Å². The number of hydrogen-bond acceptors (Lipinski definition) is 2. The van der Waals surface area contributed by atoms with Crippen molar-refractivity contribution in [2.45, 2.75) is 12.8 Å². The van der Waals surface area contributed by atoms with Gasteiger partial charge in [0.2, 0.25) is 5.91 Å². The van der Waals surface area contributed by atoms with Crippen molar-refractivity contribution in [3.8, 4) is 0 Å². The van der Waals surface area contributed by atoms with Gasteiger partial charge in [-0.25, -0.2) is 0 Å². The topological polar surface area (TPSA) is 46.3 Å². The second-order valence-corrected chi connectivity index (χ2v) is 3.67. The Morgan fingerprint density at radius 3 is 2.91 bits per heavy atom. The maximum Gasteiger partial charge on any atom is 0.222 e. The summed E-state index contributed by atoms with van der Waals surface area (Å²) in [7, 11) is 0. The van der Waals surface area contributed by atoms with E-state index in [0.29, 0.717) is 5.92 Å². The molecule has 3 nitrogen and oxygen atoms in total. The molecule has 2 bridgehead atoms. The zero-order valence-corrected chi connectivity index (χ0v) is 6.62. The molecule has 1 amide bonds. The third-order valence-electron chi connectivity index (χ3n) is 2.93. The summed E-state index contributed by atoms with van der Waals surface area (Å²) in [5.41, 5.74) is 5.29. The Bertz CT molecular complexity index is 181. The van der Waals surface area contributed by atoms with Gasteiger partial charge in [0.1, 0.15) is 0 Å². The van der Waals surface area contributed by atoms with Gasteiger partial charge in [-0.3, -0.25) is 4.79 Å². The third kappa shape index (κ3) is 1.13. The molecular formula is C8H14N2O. The van der Waals surface area contributed by atoms with Gasteiger partial charge < -0.3 is 10.6 Å². The monoisotopic (exact) mass is 154 g/mol. The first-order valence-corrected chi connectivity index (χ1v) is 4.29. The molecular weight excluding hydrogens is 140 g/mol. The highest BCUT2D eigenvalue weighted by molar-refractivity contribution is 5.77. The highest BCUT2D eigenvalue weighted by Crippen LogP contribution is 2.31. The Morgan fingerprint density at radius 2 is 2.27 bits per heavy atom. The summed E-state index contributed by atoms with van der Waals surface area (Å²) in [5, 5.41) is 0. The molecule has 0 radical (unpaired) electrons. The molecule has 11 heavy (non-hydrogen) atoms. The normalized spacial score (nSPS) is 42.4. The largest absolute Gasteiger partial charge is 0.369 e. The van der Waals surface area contributed by atoms with E-state index in [9.17, 15) is 4.79 Å². The highest BCUT2D eigenvalue weighted by Gasteiger charge is 2.38. The number of primary amides is 1. The number of hydrogen-bond donors (Lipinski definition) is 1. The minimum absolute atomic E-state index is 0.0978. The summed E-state index contributed by atoms with van der Waals surface area (Å²) in [6.45, 7) is 3.19. The van der Waals surface area contributed by atoms with Crippen molar-refractivity contribution in [2.75, 3.05) is 19.6 Å². The standard InChI is InChI=1S/C8H14N2O/c9-8(11)7-5-10-3-1-2-6(7)4-10/h6-7H,1-5H2,(H2,9,11)/t6-,7-/m1/s1. The fourth-order valence-corrected chi connectivity index (χ4v) is 2.34. The average Bonchev–Trinajstić information content (AvgIpc) is 2.27. The fraction of sp³-hybridized carbons (Fsp3) is 0.875. The van der Waals surface area contributed by atoms with E-state index in [4.69, 9.17) is 5.73 Å². The molecule has 0 aromatic rings. The molecule has 0 aromatic carbocycles. The molecule has 2 N–H and O–H groups in total. The smallest absolute Gasteiger partial charge is 0.222 e. The van der Waals surface area contributed by atoms with Crippen molar-refractivity contribution in [1.29, 1.82) is 0 Å². The minimum atomic E-state index is -0.0978. The van der Waals surface area contributed by atoms with Gasteiger partial charge in [-0.05, 0) is 25.3 Å². The van der Waals surface area contributed by atoms with Crippen molar-refractivity contribution in [1.82, 2.24) is 4.90 Å². The van der Waals surface area contributed by atoms with E-state index < -0.39 is 0 Å². The molecule has 3 heteroatoms. The van der Waals surface area contributed by atoms with E-state index in [1.165, 1.54) is 19.4 Å². The second-order valence-electron chi connectivity index (χ2n) is 3.67. The number of amides is 1. The molecule has 2 aliphatic heterocycles. The van der Waals surface area contributed by atoms with Gasteiger partial charge in [0.25, 0.3) is 0 Å². The predicted molar refractivity (Wildman–Crippen MR) is 41.8 cm³/mol. The van der Waals surface area contributed by atoms with Gasteiger partial charge in [0, 0.05) is 13.1 Å². The number of carbonyl (C=O) groups is 1. The van der Waals surface area contributed by atoms with Crippen LogP contribution in [0.25, 0.3) is 0 Å². The van der Waals surface area contributed by atoms with Crippen molar-refractivity contribution >= 4 is 5.91 Å². The maximum absolute atomic E-state index is 10.9. The second kappa shape index (κ2) is 2.48. The van der Waals surface area contributed by atoms with Crippen molar-refractivity contribution in [2.24, 2.45) is 17.6 Å². The first-order valence-electron chi connectivity index (χ1n) is 4.29. The van der Waals surface area contributed by atoms with Gasteiger partial charge in [-0.15, -0.1) is 0 Å². The van der Waals surface area contributed by atoms with E-state index in [-0.39, 0.29) is 11.8 Å². The summed E-state index contributed by atoms with van der Waals surface area (Å²) in [6, 6.07) is 0. The van der Waals surface area contributed by atoms with Crippen LogP contribution < -0.4 is 5.73 Å². The fourth-order valence-electron chi connectivity index (χ4n) is 2.34. The summed E-state index contributed by atoms with van der Waals surface area (Å²) in [4.78, 5) is 13.3. The van der Waals surface area contributed by atoms with Crippen molar-refractivity contribution < 1.29 is 4.79 Å². The first kappa shape index (κ1) is 7.10. The lowest BCUT2D eigenvalue weighted by molar-refractivity contribution is -0.122. The van der Waals surface area contributed by atoms with Crippen LogP contribution in [0, 0.1) is 11.8 Å². The lowest BCUT2D eigenvalue weighted by atomic mass is 9.91. The number of rotatable bonds is 1. The van der Waals surface area contributed by atoms with E-state index in [2.05, 4.69) is 4.90 Å². The molecule has 0 aliphatic carbocycles. The van der Waals surface area contributed by atoms with Gasteiger partial charge >= 0.3 is 0 Å². The number of carbonyl (C=O) groups excluding carboxylic acids is 1. The third-order valence-corrected chi connectivity index (χ3v) is 2.93. The van der Waals surface area contributed by atoms with Crippen LogP contribution in [0.5, 0.6) is 0 Å². The van der Waals surface area contributed by atoms with Crippen LogP contribution in [0.3, 0.4) is 0 Å². The maximum atomic E-state index is 10.9. The number of nitrogens with zero attached hydrogens (tertiary/aromatic N) is 1. The zero-order chi connectivity index (χ0) is 7.84. The van der Waals surface area contributed by atoms with Crippen LogP contribution in [0.4, 0.5) is 0 Å². The molecule has 1 unspecified atom stereocenters. The zero-order valence-electron chi connectivity index (χ0n) is 6.62. The molecule has 62 valence electrons. The van der Waals surface area contributed by atoms with Gasteiger partial charge in [0.15, 0.2) is 0 Å². The van der Waals surface area contributed by atoms with E-state index in [1.54, 1.807) is 0 Å². The predicted octanol–water partition coefficient (Wildman–Crippen LogP) is -0.187. The Kier molecular flexibility index (Phi) is 1.60. The van der Waals surface area contributed by atoms with Crippen LogP contribution in [0.2, 0.25) is 0 Å². The highest BCUT2D eigenvalue weighted by atomic mass is 16.1. The number of nitrogens with two attached hydrogens (primary N) is 1. The Hall–Kier alpha value is -0.570. The van der Waals surface area contributed by atoms with Crippen LogP contribution in [0.15, 0.2) is 0 Å². The van der Waals surface area contributed by atoms with Gasteiger partial charge in [0.05, 0.1) is 5.92 Å². The minimum Gasteiger partial charge on any atom is -0.369 e. The summed E-state index contributed by atoms with van der Waals surface area (Å²) >= 11 is 0. The lowest BCUT2D eigenvalue weighted by Crippen LogP contribution is -2.28. The summed E-state index contributed by atoms with van der Waals surface area (Å²) in [6.07, 6.45) is 2.44. The summed E-state index contributed by atoms with van der Waals surface area (Å²) in [5.74, 6) is 0.623. The summed E-state index contributed by atoms with van der Waals surface area (Å²) < 4.78 is 0. The molecule has 0 spiro atoms. The van der Waals surface area contributed by atoms with E-state index >= 15 is 0 Å². The number of piperidine rings is 1. The molecule has 2 fully saturated rings. The molecule has 0 saturated carbocycles. The van der Waals surface area contributed by atoms with E-state index in [1.807, 2.05) is 0 Å². The first-order chi connectivity index (χ1) is 5.27. The Balaban J connectivity index is 2.08. The van der Waals surface area contributed by atoms with Crippen LogP contribution >= 0.6 is 0 Å². The Labute approximate surface area is 66.5 Å². The van der Waals surface area contributed by atoms with E-state index in [0.717, 1.165) is 13.1 Å². The quantitative estimate of drug-likeness (QED) is 0.569. The molecule has 2 heterocycles. The molecule has 0 aromatic heterocycles. The van der Waals surface area contributed by atoms with Gasteiger partial charge in [-0.1, -0.05) is 0 Å². The molecule has 2 aliphatic rings. The Morgan fingerprint density at radius 1 is 1.45 bits per heavy atom. The average molecular weight is 154 g/mol. The van der Waals surface area contributed by atoms with Crippen LogP contribution in [-0.4, -0.2) is 30.4 Å². The SMILES string of the molecule is NC(=O)[C@@H]1CN2CCC[C@@H]1C2. The molecule has 2 saturated heterocycles. The van der Waals surface area contributed by atoms with Gasteiger partial charge in [-0.2, -0.15) is 0 Å². The number of fused-ring (bicyclic) bond motifs is 2. The van der Waals surface area contributed by atoms with Crippen LogP contribution in [-0.2, 0) is 4.79 Å². The molecule has 2 rings (SSSR count). The van der Waals surface area contributed by atoms with Crippen molar-refractivity contribution in [3.05, 3.63) is 0 Å². The van der Waals surface area contributed by atoms with Crippen molar-refractivity contribution in [3.63, 3.8) is 0 Å². The molecule has 3 atom stereocenters. The lowest BCUT2D eigenvalue weighted by Gasteiger charge is -2.21.